The van der Waals surface area contributed by atoms with Crippen molar-refractivity contribution in [3.63, 3.8) is 0 Å². The van der Waals surface area contributed by atoms with E-state index in [0.717, 1.165) is 5.75 Å². The Bertz CT molecular complexity index is 498. The SMILES string of the molecule is CC(N)CSCc1noc(-c2ccc(F)cc2)n1. The van der Waals surface area contributed by atoms with Crippen LogP contribution >= 0.6 is 11.8 Å². The lowest BCUT2D eigenvalue weighted by Crippen LogP contribution is -2.17. The van der Waals surface area contributed by atoms with Crippen LogP contribution in [0.2, 0.25) is 0 Å². The molecule has 2 rings (SSSR count). The quantitative estimate of drug-likeness (QED) is 0.901. The Morgan fingerprint density at radius 3 is 2.78 bits per heavy atom. The van der Waals surface area contributed by atoms with E-state index in [-0.39, 0.29) is 11.9 Å². The third-order valence-electron chi connectivity index (χ3n) is 2.17. The number of nitrogens with two attached hydrogens (primary N) is 1. The molecule has 1 aromatic heterocycles. The highest BCUT2D eigenvalue weighted by Gasteiger charge is 2.09. The molecule has 0 aliphatic rings. The first-order chi connectivity index (χ1) is 8.65. The maximum Gasteiger partial charge on any atom is 0.257 e. The number of halogens is 1. The number of hydrogen-bond acceptors (Lipinski definition) is 5. The number of thioether (sulfide) groups is 1. The topological polar surface area (TPSA) is 64.9 Å². The van der Waals surface area contributed by atoms with Gasteiger partial charge in [-0.05, 0) is 31.2 Å². The van der Waals surface area contributed by atoms with Crippen LogP contribution in [-0.4, -0.2) is 21.9 Å². The number of aromatic nitrogens is 2. The minimum atomic E-state index is -0.286. The molecule has 96 valence electrons. The van der Waals surface area contributed by atoms with Gasteiger partial charge >= 0.3 is 0 Å². The Kier molecular flexibility index (Phi) is 4.33. The first kappa shape index (κ1) is 13.0. The summed E-state index contributed by atoms with van der Waals surface area (Å²) in [6.45, 7) is 1.95. The number of hydrogen-bond donors (Lipinski definition) is 1. The summed E-state index contributed by atoms with van der Waals surface area (Å²) >= 11 is 1.66. The average Bonchev–Trinajstić information content (AvgIpc) is 2.78. The van der Waals surface area contributed by atoms with E-state index in [1.807, 2.05) is 6.92 Å². The van der Waals surface area contributed by atoms with E-state index in [1.54, 1.807) is 23.9 Å². The second-order valence-corrected chi connectivity index (χ2v) is 5.05. The Balaban J connectivity index is 1.99. The van der Waals surface area contributed by atoms with Gasteiger partial charge in [-0.1, -0.05) is 5.16 Å². The first-order valence-electron chi connectivity index (χ1n) is 5.57. The van der Waals surface area contributed by atoms with Gasteiger partial charge in [0, 0.05) is 17.4 Å². The lowest BCUT2D eigenvalue weighted by Gasteiger charge is -2.00. The summed E-state index contributed by atoms with van der Waals surface area (Å²) in [5.74, 6) is 2.25. The summed E-state index contributed by atoms with van der Waals surface area (Å²) in [7, 11) is 0. The lowest BCUT2D eigenvalue weighted by molar-refractivity contribution is 0.425. The fourth-order valence-electron chi connectivity index (χ4n) is 1.36. The van der Waals surface area contributed by atoms with E-state index in [9.17, 15) is 4.39 Å². The van der Waals surface area contributed by atoms with Gasteiger partial charge in [0.25, 0.3) is 5.89 Å². The van der Waals surface area contributed by atoms with E-state index in [4.69, 9.17) is 10.3 Å². The molecule has 0 aliphatic carbocycles. The molecule has 1 heterocycles. The highest BCUT2D eigenvalue weighted by atomic mass is 32.2. The molecule has 1 atom stereocenters. The zero-order valence-electron chi connectivity index (χ0n) is 9.97. The van der Waals surface area contributed by atoms with Gasteiger partial charge in [-0.2, -0.15) is 16.7 Å². The minimum absolute atomic E-state index is 0.151. The summed E-state index contributed by atoms with van der Waals surface area (Å²) in [5.41, 5.74) is 6.36. The molecule has 0 radical (unpaired) electrons. The molecule has 0 amide bonds. The van der Waals surface area contributed by atoms with Crippen LogP contribution in [0, 0.1) is 5.82 Å². The summed E-state index contributed by atoms with van der Waals surface area (Å²) in [4.78, 5) is 4.25. The Labute approximate surface area is 109 Å². The second kappa shape index (κ2) is 5.97. The van der Waals surface area contributed by atoms with Crippen molar-refractivity contribution >= 4 is 11.8 Å². The standard InChI is InChI=1S/C12H14FN3OS/c1-8(14)6-18-7-11-15-12(17-16-11)9-2-4-10(13)5-3-9/h2-5,8H,6-7,14H2,1H3. The number of nitrogens with zero attached hydrogens (tertiary/aromatic N) is 2. The minimum Gasteiger partial charge on any atom is -0.334 e. The van der Waals surface area contributed by atoms with Crippen molar-refractivity contribution < 1.29 is 8.91 Å². The molecular formula is C12H14FN3OS. The van der Waals surface area contributed by atoms with Crippen LogP contribution in [-0.2, 0) is 5.75 Å². The second-order valence-electron chi connectivity index (χ2n) is 4.02. The third-order valence-corrected chi connectivity index (χ3v) is 3.39. The molecule has 0 bridgehead atoms. The maximum absolute atomic E-state index is 12.8. The maximum atomic E-state index is 12.8. The molecule has 0 spiro atoms. The Morgan fingerprint density at radius 1 is 1.39 bits per heavy atom. The number of rotatable bonds is 5. The molecule has 0 fully saturated rings. The van der Waals surface area contributed by atoms with Gasteiger partial charge in [0.15, 0.2) is 5.82 Å². The van der Waals surface area contributed by atoms with Crippen LogP contribution in [0.3, 0.4) is 0 Å². The van der Waals surface area contributed by atoms with E-state index in [2.05, 4.69) is 10.1 Å². The molecule has 0 saturated carbocycles. The zero-order chi connectivity index (χ0) is 13.0. The molecule has 0 aliphatic heterocycles. The Hall–Kier alpha value is -1.40. The zero-order valence-corrected chi connectivity index (χ0v) is 10.8. The van der Waals surface area contributed by atoms with Gasteiger partial charge in [-0.3, -0.25) is 0 Å². The van der Waals surface area contributed by atoms with Gasteiger partial charge in [-0.15, -0.1) is 0 Å². The monoisotopic (exact) mass is 267 g/mol. The largest absolute Gasteiger partial charge is 0.334 e. The van der Waals surface area contributed by atoms with E-state index >= 15 is 0 Å². The van der Waals surface area contributed by atoms with E-state index in [1.165, 1.54) is 12.1 Å². The third kappa shape index (κ3) is 3.54. The van der Waals surface area contributed by atoms with E-state index < -0.39 is 0 Å². The van der Waals surface area contributed by atoms with Crippen LogP contribution in [0.25, 0.3) is 11.5 Å². The van der Waals surface area contributed by atoms with Crippen LogP contribution in [0.5, 0.6) is 0 Å². The number of benzene rings is 1. The van der Waals surface area contributed by atoms with Crippen LogP contribution in [0.1, 0.15) is 12.7 Å². The van der Waals surface area contributed by atoms with Gasteiger partial charge in [0.1, 0.15) is 5.82 Å². The van der Waals surface area contributed by atoms with Crippen molar-refractivity contribution in [2.75, 3.05) is 5.75 Å². The van der Waals surface area contributed by atoms with Gasteiger partial charge in [0.2, 0.25) is 0 Å². The predicted molar refractivity (Wildman–Crippen MR) is 69.5 cm³/mol. The first-order valence-corrected chi connectivity index (χ1v) is 6.72. The summed E-state index contributed by atoms with van der Waals surface area (Å²) in [6, 6.07) is 6.11. The van der Waals surface area contributed by atoms with E-state index in [0.29, 0.717) is 23.0 Å². The predicted octanol–water partition coefficient (Wildman–Crippen LogP) is 2.46. The average molecular weight is 267 g/mol. The van der Waals surface area contributed by atoms with Gasteiger partial charge < -0.3 is 10.3 Å². The molecule has 2 aromatic rings. The molecule has 2 N–H and O–H groups in total. The highest BCUT2D eigenvalue weighted by Crippen LogP contribution is 2.19. The summed E-state index contributed by atoms with van der Waals surface area (Å²) < 4.78 is 17.9. The van der Waals surface area contributed by atoms with Crippen molar-refractivity contribution in [1.82, 2.24) is 10.1 Å². The molecule has 18 heavy (non-hydrogen) atoms. The molecular weight excluding hydrogens is 253 g/mol. The fraction of sp³-hybridized carbons (Fsp3) is 0.333. The van der Waals surface area contributed by atoms with Crippen LogP contribution in [0.15, 0.2) is 28.8 Å². The smallest absolute Gasteiger partial charge is 0.257 e. The van der Waals surface area contributed by atoms with Crippen LogP contribution < -0.4 is 5.73 Å². The molecule has 1 unspecified atom stereocenters. The van der Waals surface area contributed by atoms with Gasteiger partial charge in [0.05, 0.1) is 5.75 Å². The van der Waals surface area contributed by atoms with Gasteiger partial charge in [-0.25, -0.2) is 4.39 Å². The van der Waals surface area contributed by atoms with Crippen molar-refractivity contribution in [3.05, 3.63) is 35.9 Å². The normalized spacial score (nSPS) is 12.6. The summed E-state index contributed by atoms with van der Waals surface area (Å²) in [6.07, 6.45) is 0. The molecule has 4 nitrogen and oxygen atoms in total. The molecule has 6 heteroatoms. The lowest BCUT2D eigenvalue weighted by atomic mass is 10.2. The molecule has 1 aromatic carbocycles. The molecule has 0 saturated heterocycles. The Morgan fingerprint density at radius 2 is 2.11 bits per heavy atom. The van der Waals surface area contributed by atoms with Crippen molar-refractivity contribution in [2.24, 2.45) is 5.73 Å². The van der Waals surface area contributed by atoms with Crippen molar-refractivity contribution in [2.45, 2.75) is 18.7 Å². The van der Waals surface area contributed by atoms with Crippen LogP contribution in [0.4, 0.5) is 4.39 Å². The van der Waals surface area contributed by atoms with Crippen molar-refractivity contribution in [3.8, 4) is 11.5 Å². The summed E-state index contributed by atoms with van der Waals surface area (Å²) in [5, 5.41) is 3.87. The van der Waals surface area contributed by atoms with Crippen molar-refractivity contribution in [1.29, 1.82) is 0 Å². The highest BCUT2D eigenvalue weighted by molar-refractivity contribution is 7.98. The fourth-order valence-corrected chi connectivity index (χ4v) is 2.15.